The van der Waals surface area contributed by atoms with E-state index in [0.717, 1.165) is 16.9 Å². The van der Waals surface area contributed by atoms with Crippen molar-refractivity contribution in [3.63, 3.8) is 0 Å². The number of ether oxygens (including phenoxy) is 1. The van der Waals surface area contributed by atoms with Crippen molar-refractivity contribution in [3.05, 3.63) is 65.5 Å². The number of hydrogen-bond donors (Lipinski definition) is 0. The largest absolute Gasteiger partial charge is 0.489 e. The van der Waals surface area contributed by atoms with Crippen molar-refractivity contribution in [2.45, 2.75) is 39.7 Å². The molecule has 4 nitrogen and oxygen atoms in total. The minimum absolute atomic E-state index is 0.150. The molecule has 0 saturated heterocycles. The Kier molecular flexibility index (Phi) is 4.38. The van der Waals surface area contributed by atoms with Gasteiger partial charge in [0.1, 0.15) is 12.4 Å². The van der Waals surface area contributed by atoms with Crippen LogP contribution in [0.4, 0.5) is 0 Å². The molecular weight excluding hydrogens is 300 g/mol. The molecule has 2 aromatic carbocycles. The molecule has 124 valence electrons. The molecule has 0 aliphatic heterocycles. The van der Waals surface area contributed by atoms with Crippen molar-refractivity contribution in [2.75, 3.05) is 0 Å². The third-order valence-corrected chi connectivity index (χ3v) is 3.71. The Morgan fingerprint density at radius 2 is 1.62 bits per heavy atom. The maximum Gasteiger partial charge on any atom is 0.232 e. The van der Waals surface area contributed by atoms with Gasteiger partial charge in [0.25, 0.3) is 0 Å². The van der Waals surface area contributed by atoms with Crippen LogP contribution in [0.1, 0.15) is 37.8 Å². The van der Waals surface area contributed by atoms with Gasteiger partial charge in [-0.1, -0.05) is 55.8 Å². The summed E-state index contributed by atoms with van der Waals surface area (Å²) >= 11 is 0. The molecule has 3 rings (SSSR count). The Hall–Kier alpha value is -2.62. The quantitative estimate of drug-likeness (QED) is 0.684. The van der Waals surface area contributed by atoms with E-state index >= 15 is 0 Å². The zero-order valence-electron chi connectivity index (χ0n) is 14.5. The predicted molar refractivity (Wildman–Crippen MR) is 93.9 cm³/mol. The van der Waals surface area contributed by atoms with Crippen molar-refractivity contribution in [1.29, 1.82) is 0 Å². The highest BCUT2D eigenvalue weighted by Crippen LogP contribution is 2.25. The molecule has 0 fully saturated rings. The van der Waals surface area contributed by atoms with E-state index in [-0.39, 0.29) is 5.41 Å². The average Bonchev–Trinajstić information content (AvgIpc) is 3.05. The van der Waals surface area contributed by atoms with Crippen molar-refractivity contribution in [3.8, 4) is 17.1 Å². The Bertz CT molecular complexity index is 797. The third kappa shape index (κ3) is 3.82. The van der Waals surface area contributed by atoms with Gasteiger partial charge in [-0.3, -0.25) is 0 Å². The molecular formula is C20H22N2O2. The number of benzene rings is 2. The molecule has 4 heteroatoms. The van der Waals surface area contributed by atoms with Crippen molar-refractivity contribution < 1.29 is 9.26 Å². The van der Waals surface area contributed by atoms with Gasteiger partial charge in [0.15, 0.2) is 0 Å². The van der Waals surface area contributed by atoms with Gasteiger partial charge >= 0.3 is 0 Å². The molecule has 0 aliphatic rings. The van der Waals surface area contributed by atoms with Crippen LogP contribution < -0.4 is 4.74 Å². The lowest BCUT2D eigenvalue weighted by molar-refractivity contribution is 0.306. The highest BCUT2D eigenvalue weighted by atomic mass is 16.5. The average molecular weight is 322 g/mol. The molecule has 0 bridgehead atoms. The summed E-state index contributed by atoms with van der Waals surface area (Å²) < 4.78 is 11.2. The summed E-state index contributed by atoms with van der Waals surface area (Å²) in [6.07, 6.45) is 0. The highest BCUT2D eigenvalue weighted by molar-refractivity contribution is 5.55. The number of aromatic nitrogens is 2. The number of hydrogen-bond acceptors (Lipinski definition) is 4. The molecule has 0 aliphatic carbocycles. The summed E-state index contributed by atoms with van der Waals surface area (Å²) in [6.45, 7) is 8.77. The van der Waals surface area contributed by atoms with Crippen molar-refractivity contribution >= 4 is 0 Å². The zero-order chi connectivity index (χ0) is 17.2. The third-order valence-electron chi connectivity index (χ3n) is 3.71. The second-order valence-electron chi connectivity index (χ2n) is 6.97. The second-order valence-corrected chi connectivity index (χ2v) is 6.97. The van der Waals surface area contributed by atoms with E-state index in [2.05, 4.69) is 41.3 Å². The van der Waals surface area contributed by atoms with Crippen LogP contribution >= 0.6 is 0 Å². The minimum atomic E-state index is -0.150. The molecule has 24 heavy (non-hydrogen) atoms. The molecule has 3 aromatic rings. The molecule has 1 aromatic heterocycles. The predicted octanol–water partition coefficient (Wildman–Crippen LogP) is 4.92. The van der Waals surface area contributed by atoms with Gasteiger partial charge in [-0.25, -0.2) is 0 Å². The fourth-order valence-electron chi connectivity index (χ4n) is 2.20. The lowest BCUT2D eigenvalue weighted by Gasteiger charge is -2.10. The van der Waals surface area contributed by atoms with Gasteiger partial charge in [0.2, 0.25) is 11.7 Å². The van der Waals surface area contributed by atoms with Crippen LogP contribution in [-0.2, 0) is 12.0 Å². The molecule has 0 saturated carbocycles. The van der Waals surface area contributed by atoms with E-state index in [9.17, 15) is 0 Å². The van der Waals surface area contributed by atoms with E-state index in [0.29, 0.717) is 18.3 Å². The van der Waals surface area contributed by atoms with Crippen LogP contribution in [0.3, 0.4) is 0 Å². The summed E-state index contributed by atoms with van der Waals surface area (Å²) in [5, 5.41) is 4.06. The van der Waals surface area contributed by atoms with Crippen LogP contribution in [-0.4, -0.2) is 10.1 Å². The Labute approximate surface area is 142 Å². The van der Waals surface area contributed by atoms with Crippen LogP contribution in [0.2, 0.25) is 0 Å². The Balaban J connectivity index is 1.67. The van der Waals surface area contributed by atoms with Gasteiger partial charge in [-0.2, -0.15) is 4.98 Å². The lowest BCUT2D eigenvalue weighted by atomic mass is 9.97. The highest BCUT2D eigenvalue weighted by Gasteiger charge is 2.22. The topological polar surface area (TPSA) is 48.2 Å². The minimum Gasteiger partial charge on any atom is -0.489 e. The monoisotopic (exact) mass is 322 g/mol. The van der Waals surface area contributed by atoms with Crippen LogP contribution in [0.15, 0.2) is 53.1 Å². The first kappa shape index (κ1) is 16.2. The maximum absolute atomic E-state index is 5.82. The van der Waals surface area contributed by atoms with Crippen molar-refractivity contribution in [2.24, 2.45) is 0 Å². The fourth-order valence-corrected chi connectivity index (χ4v) is 2.20. The van der Waals surface area contributed by atoms with E-state index in [4.69, 9.17) is 9.26 Å². The first-order valence-electron chi connectivity index (χ1n) is 8.05. The zero-order valence-corrected chi connectivity index (χ0v) is 14.5. The smallest absolute Gasteiger partial charge is 0.232 e. The van der Waals surface area contributed by atoms with Crippen molar-refractivity contribution in [1.82, 2.24) is 10.1 Å². The summed E-state index contributed by atoms with van der Waals surface area (Å²) in [6, 6.07) is 16.1. The number of aryl methyl sites for hydroxylation is 1. The van der Waals surface area contributed by atoms with Gasteiger partial charge in [0, 0.05) is 11.0 Å². The van der Waals surface area contributed by atoms with E-state index < -0.39 is 0 Å². The van der Waals surface area contributed by atoms with Gasteiger partial charge < -0.3 is 9.26 Å². The Morgan fingerprint density at radius 3 is 2.21 bits per heavy atom. The molecule has 0 atom stereocenters. The lowest BCUT2D eigenvalue weighted by Crippen LogP contribution is -2.11. The van der Waals surface area contributed by atoms with E-state index in [1.807, 2.05) is 45.0 Å². The first-order chi connectivity index (χ1) is 11.4. The summed E-state index contributed by atoms with van der Waals surface area (Å²) in [7, 11) is 0. The SMILES string of the molecule is Cc1ccc(COc2ccc(-c3noc(C(C)(C)C)n3)cc2)cc1. The summed E-state index contributed by atoms with van der Waals surface area (Å²) in [4.78, 5) is 4.46. The van der Waals surface area contributed by atoms with E-state index in [1.165, 1.54) is 5.56 Å². The maximum atomic E-state index is 5.82. The van der Waals surface area contributed by atoms with E-state index in [1.54, 1.807) is 0 Å². The summed E-state index contributed by atoms with van der Waals surface area (Å²) in [5.41, 5.74) is 3.16. The second kappa shape index (κ2) is 6.48. The summed E-state index contributed by atoms with van der Waals surface area (Å²) in [5.74, 6) is 2.06. The molecule has 0 radical (unpaired) electrons. The Morgan fingerprint density at radius 1 is 0.958 bits per heavy atom. The first-order valence-corrected chi connectivity index (χ1v) is 8.05. The van der Waals surface area contributed by atoms with Crippen LogP contribution in [0, 0.1) is 6.92 Å². The van der Waals surface area contributed by atoms with Crippen LogP contribution in [0.5, 0.6) is 5.75 Å². The molecule has 0 N–H and O–H groups in total. The fraction of sp³-hybridized carbons (Fsp3) is 0.300. The van der Waals surface area contributed by atoms with Gasteiger partial charge in [-0.05, 0) is 36.8 Å². The van der Waals surface area contributed by atoms with Gasteiger partial charge in [-0.15, -0.1) is 0 Å². The normalized spacial score (nSPS) is 11.5. The molecule has 0 unspecified atom stereocenters. The van der Waals surface area contributed by atoms with Gasteiger partial charge in [0.05, 0.1) is 0 Å². The molecule has 1 heterocycles. The number of nitrogens with zero attached hydrogens (tertiary/aromatic N) is 2. The molecule has 0 amide bonds. The number of rotatable bonds is 4. The molecule has 0 spiro atoms. The standard InChI is InChI=1S/C20H22N2O2/c1-14-5-7-15(8-6-14)13-23-17-11-9-16(10-12-17)18-21-19(24-22-18)20(2,3)4/h5-12H,13H2,1-4H3. The van der Waals surface area contributed by atoms with Crippen LogP contribution in [0.25, 0.3) is 11.4 Å².